The molecule has 6 nitrogen and oxygen atoms in total. The molecule has 0 saturated carbocycles. The van der Waals surface area contributed by atoms with Gasteiger partial charge in [-0.1, -0.05) is 0 Å². The molecular formula is C19H21FN4O2. The molecule has 3 heterocycles. The molecule has 2 aliphatic rings. The number of pyridine rings is 1. The van der Waals surface area contributed by atoms with Crippen LogP contribution in [-0.2, 0) is 4.79 Å². The second kappa shape index (κ2) is 6.92. The van der Waals surface area contributed by atoms with Gasteiger partial charge in [0.05, 0.1) is 11.9 Å². The quantitative estimate of drug-likeness (QED) is 0.913. The van der Waals surface area contributed by atoms with Gasteiger partial charge in [0.2, 0.25) is 5.91 Å². The lowest BCUT2D eigenvalue weighted by molar-refractivity contribution is -0.117. The molecule has 26 heavy (non-hydrogen) atoms. The number of hydrogen-bond acceptors (Lipinski definition) is 5. The molecule has 1 unspecified atom stereocenters. The summed E-state index contributed by atoms with van der Waals surface area (Å²) in [6.45, 7) is 4.19. The van der Waals surface area contributed by atoms with Crippen LogP contribution in [0.25, 0.3) is 0 Å². The summed E-state index contributed by atoms with van der Waals surface area (Å²) in [5.41, 5.74) is 1.63. The average molecular weight is 356 g/mol. The number of halogens is 1. The highest BCUT2D eigenvalue weighted by molar-refractivity contribution is 5.96. The van der Waals surface area contributed by atoms with E-state index in [2.05, 4.69) is 27.1 Å². The number of nitrogens with zero attached hydrogens (tertiary/aromatic N) is 3. The molecule has 1 aromatic heterocycles. The standard InChI is InChI=1S/C19H21FN4O2/c1-23-6-8-24(9-7-23)14-3-5-18(21-11-14)22-19(25)16-12-26-17-4-2-13(20)10-15(16)17/h2-5,10-11,16H,6-9,12H2,1H3,(H,21,22,25). The van der Waals surface area contributed by atoms with E-state index in [1.54, 1.807) is 18.3 Å². The topological polar surface area (TPSA) is 57.7 Å². The van der Waals surface area contributed by atoms with Gasteiger partial charge in [-0.3, -0.25) is 4.79 Å². The third-order valence-electron chi connectivity index (χ3n) is 4.94. The number of anilines is 2. The van der Waals surface area contributed by atoms with Crippen LogP contribution in [0.3, 0.4) is 0 Å². The third-order valence-corrected chi connectivity index (χ3v) is 4.94. The zero-order chi connectivity index (χ0) is 18.1. The smallest absolute Gasteiger partial charge is 0.236 e. The lowest BCUT2D eigenvalue weighted by atomic mass is 10.0. The first kappa shape index (κ1) is 16.8. The number of benzene rings is 1. The van der Waals surface area contributed by atoms with E-state index in [1.807, 2.05) is 6.07 Å². The predicted molar refractivity (Wildman–Crippen MR) is 97.2 cm³/mol. The zero-order valence-corrected chi connectivity index (χ0v) is 14.6. The maximum Gasteiger partial charge on any atom is 0.236 e. The number of carbonyl (C=O) groups is 1. The Morgan fingerprint density at radius 3 is 2.77 bits per heavy atom. The SMILES string of the molecule is CN1CCN(c2ccc(NC(=O)C3COc4ccc(F)cc43)nc2)CC1. The minimum absolute atomic E-state index is 0.212. The van der Waals surface area contributed by atoms with Gasteiger partial charge >= 0.3 is 0 Å². The molecule has 0 spiro atoms. The molecule has 1 aromatic carbocycles. The Bertz CT molecular complexity index is 804. The summed E-state index contributed by atoms with van der Waals surface area (Å²) < 4.78 is 18.9. The fraction of sp³-hybridized carbons (Fsp3) is 0.368. The van der Waals surface area contributed by atoms with E-state index in [4.69, 9.17) is 4.74 Å². The molecule has 0 bridgehead atoms. The highest BCUT2D eigenvalue weighted by Gasteiger charge is 2.31. The molecule has 1 N–H and O–H groups in total. The van der Waals surface area contributed by atoms with Gasteiger partial charge in [-0.05, 0) is 37.4 Å². The average Bonchev–Trinajstić information content (AvgIpc) is 3.06. The second-order valence-electron chi connectivity index (χ2n) is 6.73. The Hall–Kier alpha value is -2.67. The molecule has 136 valence electrons. The van der Waals surface area contributed by atoms with Gasteiger partial charge < -0.3 is 19.9 Å². The van der Waals surface area contributed by atoms with Crippen LogP contribution in [0.2, 0.25) is 0 Å². The largest absolute Gasteiger partial charge is 0.492 e. The molecule has 1 saturated heterocycles. The van der Waals surface area contributed by atoms with Gasteiger partial charge in [-0.25, -0.2) is 9.37 Å². The Morgan fingerprint density at radius 1 is 1.23 bits per heavy atom. The lowest BCUT2D eigenvalue weighted by Crippen LogP contribution is -2.44. The maximum absolute atomic E-state index is 13.5. The predicted octanol–water partition coefficient (Wildman–Crippen LogP) is 2.09. The van der Waals surface area contributed by atoms with Crippen LogP contribution in [-0.4, -0.2) is 55.6 Å². The van der Waals surface area contributed by atoms with E-state index < -0.39 is 5.92 Å². The first-order valence-electron chi connectivity index (χ1n) is 8.73. The highest BCUT2D eigenvalue weighted by atomic mass is 19.1. The van der Waals surface area contributed by atoms with Crippen molar-refractivity contribution in [3.63, 3.8) is 0 Å². The van der Waals surface area contributed by atoms with Gasteiger partial charge in [0.15, 0.2) is 0 Å². The fourth-order valence-electron chi connectivity index (χ4n) is 3.33. The fourth-order valence-corrected chi connectivity index (χ4v) is 3.33. The number of rotatable bonds is 3. The summed E-state index contributed by atoms with van der Waals surface area (Å²) in [5, 5.41) is 2.80. The number of nitrogens with one attached hydrogen (secondary N) is 1. The highest BCUT2D eigenvalue weighted by Crippen LogP contribution is 2.35. The van der Waals surface area contributed by atoms with E-state index in [0.717, 1.165) is 31.9 Å². The van der Waals surface area contributed by atoms with Crippen LogP contribution in [0.1, 0.15) is 11.5 Å². The second-order valence-corrected chi connectivity index (χ2v) is 6.73. The first-order chi connectivity index (χ1) is 12.6. The van der Waals surface area contributed by atoms with Crippen molar-refractivity contribution in [2.24, 2.45) is 0 Å². The van der Waals surface area contributed by atoms with Crippen molar-refractivity contribution in [3.8, 4) is 5.75 Å². The number of ether oxygens (including phenoxy) is 1. The number of likely N-dealkylation sites (N-methyl/N-ethyl adjacent to an activating group) is 1. The Morgan fingerprint density at radius 2 is 2.04 bits per heavy atom. The molecule has 0 radical (unpaired) electrons. The Balaban J connectivity index is 1.42. The van der Waals surface area contributed by atoms with Crippen molar-refractivity contribution in [3.05, 3.63) is 47.9 Å². The summed E-state index contributed by atoms with van der Waals surface area (Å²) in [6, 6.07) is 8.01. The van der Waals surface area contributed by atoms with E-state index >= 15 is 0 Å². The number of amides is 1. The third kappa shape index (κ3) is 3.35. The minimum Gasteiger partial charge on any atom is -0.492 e. The summed E-state index contributed by atoms with van der Waals surface area (Å²) in [4.78, 5) is 21.5. The lowest BCUT2D eigenvalue weighted by Gasteiger charge is -2.33. The molecule has 2 aliphatic heterocycles. The summed E-state index contributed by atoms with van der Waals surface area (Å²) in [5.74, 6) is -0.0987. The minimum atomic E-state index is -0.528. The van der Waals surface area contributed by atoms with Crippen LogP contribution >= 0.6 is 0 Å². The number of carbonyl (C=O) groups excluding carboxylic acids is 1. The molecule has 7 heteroatoms. The van der Waals surface area contributed by atoms with Crippen LogP contribution in [0.4, 0.5) is 15.9 Å². The molecule has 1 atom stereocenters. The zero-order valence-electron chi connectivity index (χ0n) is 14.6. The van der Waals surface area contributed by atoms with Crippen LogP contribution in [0, 0.1) is 5.82 Å². The number of aromatic nitrogens is 1. The van der Waals surface area contributed by atoms with Crippen LogP contribution < -0.4 is 15.0 Å². The molecule has 0 aliphatic carbocycles. The van der Waals surface area contributed by atoms with Gasteiger partial charge in [0.25, 0.3) is 0 Å². The molecule has 2 aromatic rings. The summed E-state index contributed by atoms with van der Waals surface area (Å²) in [6.07, 6.45) is 1.78. The summed E-state index contributed by atoms with van der Waals surface area (Å²) in [7, 11) is 2.12. The van der Waals surface area contributed by atoms with Crippen molar-refractivity contribution >= 4 is 17.4 Å². The monoisotopic (exact) mass is 356 g/mol. The maximum atomic E-state index is 13.5. The Labute approximate surface area is 151 Å². The van der Waals surface area contributed by atoms with Crippen molar-refractivity contribution in [2.75, 3.05) is 50.1 Å². The number of fused-ring (bicyclic) bond motifs is 1. The van der Waals surface area contributed by atoms with E-state index in [0.29, 0.717) is 17.1 Å². The van der Waals surface area contributed by atoms with Crippen LogP contribution in [0.15, 0.2) is 36.5 Å². The van der Waals surface area contributed by atoms with Crippen LogP contribution in [0.5, 0.6) is 5.75 Å². The van der Waals surface area contributed by atoms with Gasteiger partial charge in [0, 0.05) is 31.7 Å². The van der Waals surface area contributed by atoms with Crippen molar-refractivity contribution in [1.29, 1.82) is 0 Å². The van der Waals surface area contributed by atoms with E-state index in [-0.39, 0.29) is 18.3 Å². The molecule has 4 rings (SSSR count). The molecule has 1 amide bonds. The Kier molecular flexibility index (Phi) is 4.46. The van der Waals surface area contributed by atoms with E-state index in [1.165, 1.54) is 12.1 Å². The number of hydrogen-bond donors (Lipinski definition) is 1. The van der Waals surface area contributed by atoms with Crippen molar-refractivity contribution in [2.45, 2.75) is 5.92 Å². The van der Waals surface area contributed by atoms with Crippen molar-refractivity contribution < 1.29 is 13.9 Å². The van der Waals surface area contributed by atoms with Gasteiger partial charge in [-0.2, -0.15) is 0 Å². The summed E-state index contributed by atoms with van der Waals surface area (Å²) >= 11 is 0. The van der Waals surface area contributed by atoms with E-state index in [9.17, 15) is 9.18 Å². The first-order valence-corrected chi connectivity index (χ1v) is 8.73. The molecule has 1 fully saturated rings. The number of piperazine rings is 1. The molecular weight excluding hydrogens is 335 g/mol. The van der Waals surface area contributed by atoms with Gasteiger partial charge in [0.1, 0.15) is 29.9 Å². The van der Waals surface area contributed by atoms with Crippen molar-refractivity contribution in [1.82, 2.24) is 9.88 Å². The van der Waals surface area contributed by atoms with Gasteiger partial charge in [-0.15, -0.1) is 0 Å². The normalized spacial score (nSPS) is 19.8.